The van der Waals surface area contributed by atoms with Gasteiger partial charge in [-0.1, -0.05) is 6.20 Å². The zero-order chi connectivity index (χ0) is 3.41. The van der Waals surface area contributed by atoms with Gasteiger partial charge in [0.05, 0.1) is 0 Å². The molecule has 0 bridgehead atoms. The summed E-state index contributed by atoms with van der Waals surface area (Å²) in [6, 6.07) is 0. The first-order valence-electron chi connectivity index (χ1n) is 0.801. The molecule has 0 saturated carbocycles. The SMILES string of the molecule is [C-]#[N+][C-]=C.[U].[U]. The van der Waals surface area contributed by atoms with Crippen molar-refractivity contribution in [3.63, 3.8) is 0 Å². The molecule has 28 valence electrons. The Hall–Kier alpha value is 1.33. The zero-order valence-electron chi connectivity index (χ0n) is 3.15. The van der Waals surface area contributed by atoms with E-state index in [9.17, 15) is 0 Å². The van der Waals surface area contributed by atoms with Crippen molar-refractivity contribution in [1.82, 2.24) is 0 Å². The van der Waals surface area contributed by atoms with Crippen LogP contribution in [0.3, 0.4) is 0 Å². The average molecular weight is 528 g/mol. The third-order valence-electron chi connectivity index (χ3n) is 0.0791. The molecule has 0 aromatic carbocycles. The monoisotopic (exact) mass is 528 g/mol. The van der Waals surface area contributed by atoms with Crippen LogP contribution in [0.5, 0.6) is 0 Å². The first-order valence-corrected chi connectivity index (χ1v) is 0.801. The fourth-order valence-corrected chi connectivity index (χ4v) is 0. The molecule has 0 spiro atoms. The van der Waals surface area contributed by atoms with Crippen LogP contribution in [0, 0.1) is 75.0 Å². The van der Waals surface area contributed by atoms with Gasteiger partial charge in [-0.3, -0.25) is 6.57 Å². The van der Waals surface area contributed by atoms with Gasteiger partial charge in [0.25, 0.3) is 0 Å². The van der Waals surface area contributed by atoms with Crippen molar-refractivity contribution < 1.29 is 62.2 Å². The summed E-state index contributed by atoms with van der Waals surface area (Å²) in [5.74, 6) is 0. The third kappa shape index (κ3) is 18.4. The van der Waals surface area contributed by atoms with E-state index in [0.717, 1.165) is 0 Å². The molecule has 3 heteroatoms. The minimum absolute atomic E-state index is 0. The van der Waals surface area contributed by atoms with Gasteiger partial charge in [0, 0.05) is 62.2 Å². The molecular formula is C3H2NU2-. The summed E-state index contributed by atoms with van der Waals surface area (Å²) in [5.41, 5.74) is 0. The van der Waals surface area contributed by atoms with Crippen LogP contribution in [0.1, 0.15) is 0 Å². The maximum Gasteiger partial charge on any atom is 0 e. The van der Waals surface area contributed by atoms with Crippen molar-refractivity contribution in [1.29, 1.82) is 0 Å². The van der Waals surface area contributed by atoms with E-state index in [2.05, 4.69) is 11.4 Å². The van der Waals surface area contributed by atoms with E-state index >= 15 is 0 Å². The van der Waals surface area contributed by atoms with E-state index in [1.165, 1.54) is 0 Å². The molecule has 0 heterocycles. The van der Waals surface area contributed by atoms with Gasteiger partial charge >= 0.3 is 0 Å². The quantitative estimate of drug-likeness (QED) is 0.412. The third-order valence-corrected chi connectivity index (χ3v) is 0.0791. The number of nitrogens with zero attached hydrogens (tertiary/aromatic N) is 1. The molecule has 0 aromatic heterocycles. The minimum Gasteiger partial charge on any atom is -0.479 e. The second kappa shape index (κ2) is 16.2. The van der Waals surface area contributed by atoms with Gasteiger partial charge in [0.15, 0.2) is 0 Å². The van der Waals surface area contributed by atoms with Crippen molar-refractivity contribution in [3.05, 3.63) is 24.2 Å². The van der Waals surface area contributed by atoms with Crippen LogP contribution in [0.4, 0.5) is 0 Å². The maximum absolute atomic E-state index is 5.90. The molecule has 0 amide bonds. The average Bonchev–Trinajstić information content (AvgIpc) is 1.37. The summed E-state index contributed by atoms with van der Waals surface area (Å²) in [6.07, 6.45) is 1.97. The second-order valence-electron chi connectivity index (χ2n) is 0.270. The normalized spacial score (nSPS) is 2.50. The van der Waals surface area contributed by atoms with Gasteiger partial charge in [-0.25, -0.2) is 6.58 Å². The Balaban J connectivity index is -0.0000000450. The van der Waals surface area contributed by atoms with Gasteiger partial charge in [-0.15, -0.1) is 0 Å². The van der Waals surface area contributed by atoms with E-state index in [-0.39, 0.29) is 62.2 Å². The molecule has 0 radical (unpaired) electrons. The Morgan fingerprint density at radius 3 is 1.67 bits per heavy atom. The minimum atomic E-state index is 0. The fourth-order valence-electron chi connectivity index (χ4n) is 0. The van der Waals surface area contributed by atoms with E-state index in [4.69, 9.17) is 6.57 Å². The first-order chi connectivity index (χ1) is 1.91. The predicted octanol–water partition coefficient (Wildman–Crippen LogP) is 0.852. The largest absolute Gasteiger partial charge is 0.479 e. The molecule has 6 heavy (non-hydrogen) atoms. The molecule has 0 saturated heterocycles. The molecule has 0 N–H and O–H groups in total. The Morgan fingerprint density at radius 1 is 1.50 bits per heavy atom. The van der Waals surface area contributed by atoms with Crippen LogP contribution >= 0.6 is 0 Å². The van der Waals surface area contributed by atoms with Crippen molar-refractivity contribution in [2.75, 3.05) is 0 Å². The summed E-state index contributed by atoms with van der Waals surface area (Å²) < 4.78 is 0. The van der Waals surface area contributed by atoms with Crippen LogP contribution in [0.25, 0.3) is 4.85 Å². The molecular weight excluding hydrogens is 526 g/mol. The summed E-state index contributed by atoms with van der Waals surface area (Å²) in [7, 11) is 0. The topological polar surface area (TPSA) is 4.36 Å². The van der Waals surface area contributed by atoms with Gasteiger partial charge in [0.2, 0.25) is 0 Å². The molecule has 0 atom stereocenters. The van der Waals surface area contributed by atoms with E-state index in [1.54, 1.807) is 0 Å². The number of hydrogen-bond acceptors (Lipinski definition) is 0. The van der Waals surface area contributed by atoms with Crippen LogP contribution < -0.4 is 0 Å². The standard InChI is InChI=1S/C3H2N.2U/c1-3-4-2;;/h1H2;;/q-1;;. The van der Waals surface area contributed by atoms with Crippen LogP contribution in [-0.2, 0) is 0 Å². The van der Waals surface area contributed by atoms with Gasteiger partial charge in [0.1, 0.15) is 0 Å². The Morgan fingerprint density at radius 2 is 1.67 bits per heavy atom. The Kier molecular flexibility index (Phi) is 42.3. The molecule has 1 nitrogen and oxygen atoms in total. The summed E-state index contributed by atoms with van der Waals surface area (Å²) in [4.78, 5) is 2.62. The molecule has 0 fully saturated rings. The van der Waals surface area contributed by atoms with Crippen LogP contribution in [-0.4, -0.2) is 0 Å². The Labute approximate surface area is 85.1 Å². The zero-order valence-corrected chi connectivity index (χ0v) is 11.5. The van der Waals surface area contributed by atoms with Gasteiger partial charge < -0.3 is 4.85 Å². The molecule has 0 unspecified atom stereocenters. The van der Waals surface area contributed by atoms with Crippen LogP contribution in [0.15, 0.2) is 6.58 Å². The molecule has 0 aliphatic carbocycles. The van der Waals surface area contributed by atoms with E-state index in [1.807, 2.05) is 6.20 Å². The van der Waals surface area contributed by atoms with E-state index in [0.29, 0.717) is 0 Å². The van der Waals surface area contributed by atoms with Crippen molar-refractivity contribution in [2.24, 2.45) is 0 Å². The Bertz CT molecular complexity index is 54.3. The van der Waals surface area contributed by atoms with E-state index < -0.39 is 0 Å². The number of rotatable bonds is 0. The van der Waals surface area contributed by atoms with Crippen molar-refractivity contribution in [2.45, 2.75) is 0 Å². The molecule has 0 aromatic rings. The maximum atomic E-state index is 5.90. The smallest absolute Gasteiger partial charge is 0 e. The first kappa shape index (κ1) is 15.7. The van der Waals surface area contributed by atoms with Crippen molar-refractivity contribution in [3.8, 4) is 0 Å². The van der Waals surface area contributed by atoms with Gasteiger partial charge in [-0.2, -0.15) is 0 Å². The number of hydrogen-bond donors (Lipinski definition) is 0. The fraction of sp³-hybridized carbons (Fsp3) is 0. The molecule has 0 aliphatic rings. The second-order valence-corrected chi connectivity index (χ2v) is 0.270. The summed E-state index contributed by atoms with van der Waals surface area (Å²) >= 11 is 0. The molecule has 0 aliphatic heterocycles. The predicted molar refractivity (Wildman–Crippen MR) is 15.5 cm³/mol. The summed E-state index contributed by atoms with van der Waals surface area (Å²) in [5, 5.41) is 0. The summed E-state index contributed by atoms with van der Waals surface area (Å²) in [6.45, 7) is 8.90. The van der Waals surface area contributed by atoms with Gasteiger partial charge in [-0.05, 0) is 0 Å². The molecule has 0 rings (SSSR count). The van der Waals surface area contributed by atoms with Crippen molar-refractivity contribution >= 4 is 0 Å². The van der Waals surface area contributed by atoms with Crippen LogP contribution in [0.2, 0.25) is 0 Å².